The van der Waals surface area contributed by atoms with Crippen molar-refractivity contribution in [2.45, 2.75) is 13.8 Å². The zero-order valence-electron chi connectivity index (χ0n) is 16.8. The maximum absolute atomic E-state index is 12.4. The number of carbonyl (C=O) groups is 3. The van der Waals surface area contributed by atoms with E-state index in [0.29, 0.717) is 13.2 Å². The molecule has 150 valence electrons. The van der Waals surface area contributed by atoms with Crippen molar-refractivity contribution in [2.75, 3.05) is 59.3 Å². The first-order valence-electron chi connectivity index (χ1n) is 8.80. The average Bonchev–Trinajstić information content (AvgIpc) is 2.63. The highest BCUT2D eigenvalue weighted by atomic mass is 16.5. The maximum atomic E-state index is 12.4. The highest BCUT2D eigenvalue weighted by Crippen LogP contribution is 2.17. The number of nitrogens with one attached hydrogen (secondary N) is 2. The van der Waals surface area contributed by atoms with Crippen LogP contribution in [0.3, 0.4) is 0 Å². The lowest BCUT2D eigenvalue weighted by Gasteiger charge is -2.24. The number of hydrogen-bond donors (Lipinski definition) is 2. The second-order valence-corrected chi connectivity index (χ2v) is 6.42. The van der Waals surface area contributed by atoms with Gasteiger partial charge in [-0.15, -0.1) is 0 Å². The Kier molecular flexibility index (Phi) is 9.46. The molecule has 0 aliphatic heterocycles. The number of anilines is 1. The Labute approximate surface area is 160 Å². The van der Waals surface area contributed by atoms with E-state index < -0.39 is 0 Å². The Balaban J connectivity index is 2.70. The van der Waals surface area contributed by atoms with Crippen LogP contribution in [0.1, 0.15) is 11.1 Å². The zero-order chi connectivity index (χ0) is 20.4. The number of carbonyl (C=O) groups excluding carboxylic acids is 3. The highest BCUT2D eigenvalue weighted by molar-refractivity contribution is 5.93. The summed E-state index contributed by atoms with van der Waals surface area (Å²) in [5, 5.41) is 5.37. The van der Waals surface area contributed by atoms with Gasteiger partial charge in [-0.3, -0.25) is 19.3 Å². The molecule has 0 spiro atoms. The molecule has 27 heavy (non-hydrogen) atoms. The smallest absolute Gasteiger partial charge is 0.239 e. The lowest BCUT2D eigenvalue weighted by molar-refractivity contribution is -0.136. The van der Waals surface area contributed by atoms with E-state index in [9.17, 15) is 14.4 Å². The number of hydrogen-bond acceptors (Lipinski definition) is 5. The lowest BCUT2D eigenvalue weighted by atomic mass is 10.1. The molecule has 2 N–H and O–H groups in total. The van der Waals surface area contributed by atoms with Gasteiger partial charge in [0.2, 0.25) is 17.7 Å². The SMILES string of the molecule is CNC(=O)CN(C)C(=O)CN(CCOC)CC(=O)Nc1cccc(C)c1C. The molecular weight excluding hydrogens is 348 g/mol. The van der Waals surface area contributed by atoms with E-state index >= 15 is 0 Å². The number of benzene rings is 1. The fourth-order valence-corrected chi connectivity index (χ4v) is 2.41. The Morgan fingerprint density at radius 2 is 1.78 bits per heavy atom. The predicted octanol–water partition coefficient (Wildman–Crippen LogP) is 0.395. The number of ether oxygens (including phenoxy) is 1. The third-order valence-electron chi connectivity index (χ3n) is 4.30. The lowest BCUT2D eigenvalue weighted by Crippen LogP contribution is -2.45. The Morgan fingerprint density at radius 1 is 1.07 bits per heavy atom. The van der Waals surface area contributed by atoms with Gasteiger partial charge in [0, 0.05) is 33.4 Å². The van der Waals surface area contributed by atoms with Crippen LogP contribution in [-0.4, -0.2) is 81.5 Å². The summed E-state index contributed by atoms with van der Waals surface area (Å²) in [4.78, 5) is 39.2. The zero-order valence-corrected chi connectivity index (χ0v) is 16.8. The van der Waals surface area contributed by atoms with Gasteiger partial charge >= 0.3 is 0 Å². The summed E-state index contributed by atoms with van der Waals surface area (Å²) < 4.78 is 5.07. The topological polar surface area (TPSA) is 91.0 Å². The Bertz CT molecular complexity index is 663. The van der Waals surface area contributed by atoms with Crippen molar-refractivity contribution in [3.63, 3.8) is 0 Å². The van der Waals surface area contributed by atoms with Gasteiger partial charge in [0.1, 0.15) is 0 Å². The summed E-state index contributed by atoms with van der Waals surface area (Å²) >= 11 is 0. The maximum Gasteiger partial charge on any atom is 0.239 e. The van der Waals surface area contributed by atoms with Gasteiger partial charge in [-0.05, 0) is 31.0 Å². The molecule has 0 heterocycles. The highest BCUT2D eigenvalue weighted by Gasteiger charge is 2.19. The number of rotatable bonds is 10. The molecule has 8 nitrogen and oxygen atoms in total. The van der Waals surface area contributed by atoms with E-state index in [4.69, 9.17) is 4.74 Å². The van der Waals surface area contributed by atoms with Crippen LogP contribution in [-0.2, 0) is 19.1 Å². The Hall–Kier alpha value is -2.45. The number of likely N-dealkylation sites (N-methyl/N-ethyl adjacent to an activating group) is 2. The average molecular weight is 378 g/mol. The standard InChI is InChI=1S/C19H30N4O4/c1-14-7-6-8-16(15(14)2)21-18(25)12-23(9-10-27-5)13-19(26)22(4)11-17(24)20-3/h6-8H,9-13H2,1-5H3,(H,20,24)(H,21,25). The van der Waals surface area contributed by atoms with Crippen LogP contribution in [0.5, 0.6) is 0 Å². The van der Waals surface area contributed by atoms with Crippen molar-refractivity contribution >= 4 is 23.4 Å². The van der Waals surface area contributed by atoms with Gasteiger partial charge in [0.05, 0.1) is 26.2 Å². The molecule has 1 aromatic rings. The van der Waals surface area contributed by atoms with Crippen molar-refractivity contribution in [2.24, 2.45) is 0 Å². The third-order valence-corrected chi connectivity index (χ3v) is 4.30. The minimum absolute atomic E-state index is 0.0249. The van der Waals surface area contributed by atoms with Crippen molar-refractivity contribution in [1.82, 2.24) is 15.1 Å². The first-order valence-corrected chi connectivity index (χ1v) is 8.80. The van der Waals surface area contributed by atoms with Crippen LogP contribution < -0.4 is 10.6 Å². The molecule has 1 rings (SSSR count). The molecule has 0 saturated heterocycles. The molecule has 0 unspecified atom stereocenters. The quantitative estimate of drug-likeness (QED) is 0.615. The van der Waals surface area contributed by atoms with Crippen molar-refractivity contribution in [3.8, 4) is 0 Å². The third kappa shape index (κ3) is 7.76. The molecule has 0 radical (unpaired) electrons. The van der Waals surface area contributed by atoms with E-state index in [0.717, 1.165) is 16.8 Å². The summed E-state index contributed by atoms with van der Waals surface area (Å²) in [6, 6.07) is 5.72. The molecule has 3 amide bonds. The van der Waals surface area contributed by atoms with E-state index in [2.05, 4.69) is 10.6 Å². The largest absolute Gasteiger partial charge is 0.383 e. The number of methoxy groups -OCH3 is 1. The van der Waals surface area contributed by atoms with Gasteiger partial charge in [-0.1, -0.05) is 12.1 Å². The van der Waals surface area contributed by atoms with Gasteiger partial charge in [0.25, 0.3) is 0 Å². The Morgan fingerprint density at radius 3 is 2.41 bits per heavy atom. The van der Waals surface area contributed by atoms with Gasteiger partial charge in [-0.25, -0.2) is 0 Å². The minimum Gasteiger partial charge on any atom is -0.383 e. The van der Waals surface area contributed by atoms with Crippen LogP contribution in [0.25, 0.3) is 0 Å². The van der Waals surface area contributed by atoms with Gasteiger partial charge in [0.15, 0.2) is 0 Å². The number of nitrogens with zero attached hydrogens (tertiary/aromatic N) is 2. The summed E-state index contributed by atoms with van der Waals surface area (Å²) in [6.07, 6.45) is 0. The monoisotopic (exact) mass is 378 g/mol. The molecule has 0 aromatic heterocycles. The fraction of sp³-hybridized carbons (Fsp3) is 0.526. The second kappa shape index (κ2) is 11.3. The van der Waals surface area contributed by atoms with E-state index in [-0.39, 0.29) is 37.4 Å². The van der Waals surface area contributed by atoms with Crippen LogP contribution in [0.15, 0.2) is 18.2 Å². The van der Waals surface area contributed by atoms with Crippen molar-refractivity contribution in [3.05, 3.63) is 29.3 Å². The predicted molar refractivity (Wildman–Crippen MR) is 105 cm³/mol. The normalized spacial score (nSPS) is 10.6. The van der Waals surface area contributed by atoms with Crippen LogP contribution in [0.4, 0.5) is 5.69 Å². The molecule has 1 aromatic carbocycles. The number of aryl methyl sites for hydroxylation is 1. The number of amides is 3. The summed E-state index contributed by atoms with van der Waals surface area (Å²) in [7, 11) is 4.64. The van der Waals surface area contributed by atoms with Crippen LogP contribution in [0, 0.1) is 13.8 Å². The van der Waals surface area contributed by atoms with Crippen molar-refractivity contribution in [1.29, 1.82) is 0 Å². The molecule has 0 aliphatic rings. The van der Waals surface area contributed by atoms with Gasteiger partial charge in [-0.2, -0.15) is 0 Å². The molecule has 0 bridgehead atoms. The molecule has 0 fully saturated rings. The fourth-order valence-electron chi connectivity index (χ4n) is 2.41. The van der Waals surface area contributed by atoms with Crippen molar-refractivity contribution < 1.29 is 19.1 Å². The summed E-state index contributed by atoms with van der Waals surface area (Å²) in [6.45, 7) is 4.80. The molecule has 0 aliphatic carbocycles. The first kappa shape index (κ1) is 22.6. The van der Waals surface area contributed by atoms with E-state index in [1.807, 2.05) is 32.0 Å². The summed E-state index contributed by atoms with van der Waals surface area (Å²) in [5.41, 5.74) is 2.86. The summed E-state index contributed by atoms with van der Waals surface area (Å²) in [5.74, 6) is -0.697. The molecule has 8 heteroatoms. The first-order chi connectivity index (χ1) is 12.8. The van der Waals surface area contributed by atoms with Gasteiger partial charge < -0.3 is 20.3 Å². The van der Waals surface area contributed by atoms with E-state index in [1.165, 1.54) is 11.9 Å². The minimum atomic E-state index is -0.248. The van der Waals surface area contributed by atoms with E-state index in [1.54, 1.807) is 19.1 Å². The molecule has 0 atom stereocenters. The van der Waals surface area contributed by atoms with Crippen LogP contribution >= 0.6 is 0 Å². The van der Waals surface area contributed by atoms with Crippen LogP contribution in [0.2, 0.25) is 0 Å². The second-order valence-electron chi connectivity index (χ2n) is 6.42. The molecular formula is C19H30N4O4. The molecule has 0 saturated carbocycles.